The van der Waals surface area contributed by atoms with Gasteiger partial charge in [-0.05, 0) is 43.9 Å². The average Bonchev–Trinajstić information content (AvgIpc) is 2.61. The number of carboxylic acid groups (broad SMARTS) is 1. The van der Waals surface area contributed by atoms with Crippen molar-refractivity contribution in [1.29, 1.82) is 0 Å². The Balaban J connectivity index is 0.000000828. The number of ether oxygens (including phenoxy) is 1. The molecule has 0 saturated heterocycles. The van der Waals surface area contributed by atoms with E-state index >= 15 is 0 Å². The van der Waals surface area contributed by atoms with Gasteiger partial charge in [0.25, 0.3) is 5.97 Å². The average molecular weight is 390 g/mol. The van der Waals surface area contributed by atoms with Gasteiger partial charge in [-0.2, -0.15) is 0 Å². The van der Waals surface area contributed by atoms with Crippen LogP contribution in [0.2, 0.25) is 0 Å². The minimum absolute atomic E-state index is 0.138. The number of carbonyl (C=O) groups excluding carboxylic acids is 1. The summed E-state index contributed by atoms with van der Waals surface area (Å²) in [7, 11) is 4.03. The van der Waals surface area contributed by atoms with Gasteiger partial charge >= 0.3 is 0 Å². The fourth-order valence-electron chi connectivity index (χ4n) is 2.06. The van der Waals surface area contributed by atoms with Crippen molar-refractivity contribution in [3.05, 3.63) is 60.2 Å². The molecule has 0 aliphatic carbocycles. The third kappa shape index (κ3) is 9.82. The van der Waals surface area contributed by atoms with Gasteiger partial charge in [0.15, 0.2) is 5.12 Å². The number of para-hydroxylation sites is 1. The predicted octanol–water partition coefficient (Wildman–Crippen LogP) is 4.49. The minimum atomic E-state index is -0.833. The molecule has 0 aliphatic heterocycles. The van der Waals surface area contributed by atoms with Gasteiger partial charge in [0.2, 0.25) is 0 Å². The van der Waals surface area contributed by atoms with Gasteiger partial charge in [-0.3, -0.25) is 9.59 Å². The lowest BCUT2D eigenvalue weighted by atomic mass is 10.0. The topological polar surface area (TPSA) is 66.8 Å². The Bertz CT molecular complexity index is 715. The molecule has 0 aliphatic rings. The second-order valence-corrected chi connectivity index (χ2v) is 7.30. The molecule has 2 aromatic rings. The second-order valence-electron chi connectivity index (χ2n) is 6.20. The van der Waals surface area contributed by atoms with Crippen LogP contribution in [-0.2, 0) is 9.59 Å². The molecular formula is C21H27NO4S. The molecule has 0 aromatic heterocycles. The first-order valence-corrected chi connectivity index (χ1v) is 9.62. The van der Waals surface area contributed by atoms with E-state index in [1.807, 2.05) is 75.6 Å². The van der Waals surface area contributed by atoms with Crippen LogP contribution in [0.5, 0.6) is 11.5 Å². The largest absolute Gasteiger partial charge is 0.481 e. The van der Waals surface area contributed by atoms with Crippen LogP contribution in [0.15, 0.2) is 54.6 Å². The Morgan fingerprint density at radius 2 is 1.67 bits per heavy atom. The molecule has 0 bridgehead atoms. The molecular weight excluding hydrogens is 362 g/mol. The summed E-state index contributed by atoms with van der Waals surface area (Å²) >= 11 is 1.40. The van der Waals surface area contributed by atoms with Crippen LogP contribution in [0, 0.1) is 0 Å². The van der Waals surface area contributed by atoms with E-state index in [1.165, 1.54) is 11.8 Å². The Kier molecular flexibility index (Phi) is 10.2. The number of thioether (sulfide) groups is 1. The van der Waals surface area contributed by atoms with Crippen LogP contribution < -0.4 is 4.74 Å². The van der Waals surface area contributed by atoms with Gasteiger partial charge in [-0.1, -0.05) is 49.0 Å². The molecule has 0 spiro atoms. The van der Waals surface area contributed by atoms with Crippen molar-refractivity contribution in [1.82, 2.24) is 4.90 Å². The maximum absolute atomic E-state index is 12.3. The summed E-state index contributed by atoms with van der Waals surface area (Å²) in [5, 5.41) is 7.61. The lowest BCUT2D eigenvalue weighted by molar-refractivity contribution is -0.134. The van der Waals surface area contributed by atoms with Crippen molar-refractivity contribution < 1.29 is 19.4 Å². The first-order valence-electron chi connectivity index (χ1n) is 8.63. The van der Waals surface area contributed by atoms with E-state index in [4.69, 9.17) is 14.6 Å². The Labute approximate surface area is 165 Å². The van der Waals surface area contributed by atoms with E-state index in [-0.39, 0.29) is 11.0 Å². The molecule has 0 heterocycles. The van der Waals surface area contributed by atoms with E-state index < -0.39 is 5.97 Å². The van der Waals surface area contributed by atoms with E-state index in [0.717, 1.165) is 36.3 Å². The molecule has 0 saturated carbocycles. The number of hydrogen-bond acceptors (Lipinski definition) is 5. The van der Waals surface area contributed by atoms with Gasteiger partial charge in [0.05, 0.1) is 5.92 Å². The van der Waals surface area contributed by atoms with Crippen LogP contribution in [0.25, 0.3) is 0 Å². The third-order valence-electron chi connectivity index (χ3n) is 3.47. The maximum Gasteiger partial charge on any atom is 0.300 e. The minimum Gasteiger partial charge on any atom is -0.481 e. The van der Waals surface area contributed by atoms with Crippen LogP contribution in [-0.4, -0.2) is 47.5 Å². The summed E-state index contributed by atoms with van der Waals surface area (Å²) in [6.07, 6.45) is 0. The van der Waals surface area contributed by atoms with Crippen molar-refractivity contribution in [2.24, 2.45) is 0 Å². The molecule has 1 N–H and O–H groups in total. The number of nitrogens with zero attached hydrogens (tertiary/aromatic N) is 1. The molecule has 146 valence electrons. The highest BCUT2D eigenvalue weighted by atomic mass is 32.2. The van der Waals surface area contributed by atoms with Crippen molar-refractivity contribution >= 4 is 22.8 Å². The second kappa shape index (κ2) is 12.1. The highest BCUT2D eigenvalue weighted by molar-refractivity contribution is 8.13. The van der Waals surface area contributed by atoms with Gasteiger partial charge in [-0.25, -0.2) is 0 Å². The Hall–Kier alpha value is -2.31. The zero-order chi connectivity index (χ0) is 20.2. The number of carboxylic acids is 1. The van der Waals surface area contributed by atoms with Gasteiger partial charge in [-0.15, -0.1) is 0 Å². The number of carbonyl (C=O) groups is 2. The lowest BCUT2D eigenvalue weighted by Gasteiger charge is -2.13. The zero-order valence-corrected chi connectivity index (χ0v) is 17.0. The van der Waals surface area contributed by atoms with Crippen molar-refractivity contribution in [3.8, 4) is 11.5 Å². The zero-order valence-electron chi connectivity index (χ0n) is 16.2. The Morgan fingerprint density at radius 1 is 1.07 bits per heavy atom. The standard InChI is InChI=1S/C19H23NO2S.C2H4O2/c1-15(19(21)23-13-12-20(2)3)16-8-7-11-18(14-16)22-17-9-5-4-6-10-17;1-2(3)4/h4-11,14-15H,12-13H2,1-3H3;1H3,(H,3,4). The lowest BCUT2D eigenvalue weighted by Crippen LogP contribution is -2.16. The highest BCUT2D eigenvalue weighted by Gasteiger charge is 2.16. The fourth-order valence-corrected chi connectivity index (χ4v) is 3.11. The summed E-state index contributed by atoms with van der Waals surface area (Å²) in [6.45, 7) is 3.94. The van der Waals surface area contributed by atoms with E-state index in [1.54, 1.807) is 0 Å². The summed E-state index contributed by atoms with van der Waals surface area (Å²) < 4.78 is 5.84. The third-order valence-corrected chi connectivity index (χ3v) is 4.50. The number of aliphatic carboxylic acids is 1. The monoisotopic (exact) mass is 389 g/mol. The van der Waals surface area contributed by atoms with Crippen LogP contribution in [0.1, 0.15) is 25.3 Å². The summed E-state index contributed by atoms with van der Waals surface area (Å²) in [5.74, 6) is 1.40. The highest BCUT2D eigenvalue weighted by Crippen LogP contribution is 2.27. The van der Waals surface area contributed by atoms with Crippen LogP contribution in [0.4, 0.5) is 0 Å². The molecule has 0 fully saturated rings. The van der Waals surface area contributed by atoms with Gasteiger partial charge < -0.3 is 14.7 Å². The summed E-state index contributed by atoms with van der Waals surface area (Å²) in [4.78, 5) is 23.4. The summed E-state index contributed by atoms with van der Waals surface area (Å²) in [6, 6.07) is 17.4. The molecule has 0 amide bonds. The normalized spacial score (nSPS) is 11.3. The first-order chi connectivity index (χ1) is 12.8. The molecule has 1 unspecified atom stereocenters. The molecule has 6 heteroatoms. The summed E-state index contributed by atoms with van der Waals surface area (Å²) in [5.41, 5.74) is 0.987. The molecule has 2 rings (SSSR count). The molecule has 1 atom stereocenters. The van der Waals surface area contributed by atoms with Gasteiger partial charge in [0, 0.05) is 19.2 Å². The quantitative estimate of drug-likeness (QED) is 0.752. The number of rotatable bonds is 7. The van der Waals surface area contributed by atoms with Crippen LogP contribution >= 0.6 is 11.8 Å². The Morgan fingerprint density at radius 3 is 2.26 bits per heavy atom. The fraction of sp³-hybridized carbons (Fsp3) is 0.333. The number of hydrogen-bond donors (Lipinski definition) is 1. The van der Waals surface area contributed by atoms with E-state index in [9.17, 15) is 4.79 Å². The van der Waals surface area contributed by atoms with Crippen molar-refractivity contribution in [2.45, 2.75) is 19.8 Å². The number of benzene rings is 2. The van der Waals surface area contributed by atoms with E-state index in [0.29, 0.717) is 0 Å². The SMILES string of the molecule is CC(=O)O.CC(C(=O)SCCN(C)C)c1cccc(Oc2ccccc2)c1. The molecule has 27 heavy (non-hydrogen) atoms. The molecule has 5 nitrogen and oxygen atoms in total. The smallest absolute Gasteiger partial charge is 0.300 e. The molecule has 0 radical (unpaired) electrons. The van der Waals surface area contributed by atoms with Crippen molar-refractivity contribution in [3.63, 3.8) is 0 Å². The van der Waals surface area contributed by atoms with Gasteiger partial charge in [0.1, 0.15) is 11.5 Å². The molecule has 2 aromatic carbocycles. The maximum atomic E-state index is 12.3. The van der Waals surface area contributed by atoms with Crippen molar-refractivity contribution in [2.75, 3.05) is 26.4 Å². The predicted molar refractivity (Wildman–Crippen MR) is 111 cm³/mol. The van der Waals surface area contributed by atoms with Crippen LogP contribution in [0.3, 0.4) is 0 Å². The van der Waals surface area contributed by atoms with E-state index in [2.05, 4.69) is 4.90 Å². The first kappa shape index (κ1) is 22.7.